The van der Waals surface area contributed by atoms with E-state index in [4.69, 9.17) is 4.52 Å². The van der Waals surface area contributed by atoms with E-state index < -0.39 is 0 Å². The van der Waals surface area contributed by atoms with Crippen LogP contribution in [0, 0.1) is 0 Å². The Morgan fingerprint density at radius 1 is 1.43 bits per heavy atom. The maximum atomic E-state index is 12.0. The number of nitrogens with one attached hydrogen (secondary N) is 1. The fraction of sp³-hybridized carbons (Fsp3) is 0.438. The van der Waals surface area contributed by atoms with Crippen LogP contribution in [-0.4, -0.2) is 53.3 Å². The third-order valence-electron chi connectivity index (χ3n) is 3.85. The highest BCUT2D eigenvalue weighted by Gasteiger charge is 2.25. The van der Waals surface area contributed by atoms with E-state index in [0.29, 0.717) is 23.2 Å². The van der Waals surface area contributed by atoms with Crippen molar-refractivity contribution in [2.75, 3.05) is 32.4 Å². The molecule has 1 aliphatic rings. The smallest absolute Gasteiger partial charge is 0.236 e. The van der Waals surface area contributed by atoms with Gasteiger partial charge in [0.1, 0.15) is 0 Å². The Kier molecular flexibility index (Phi) is 5.43. The average molecular weight is 332 g/mol. The van der Waals surface area contributed by atoms with Gasteiger partial charge in [0.05, 0.1) is 17.5 Å². The van der Waals surface area contributed by atoms with E-state index in [1.807, 2.05) is 30.3 Å². The topological polar surface area (TPSA) is 71.3 Å². The summed E-state index contributed by atoms with van der Waals surface area (Å²) in [5.41, 5.74) is 0.737. The zero-order chi connectivity index (χ0) is 16.1. The maximum Gasteiger partial charge on any atom is 0.236 e. The van der Waals surface area contributed by atoms with Crippen molar-refractivity contribution in [1.82, 2.24) is 20.4 Å². The first-order chi connectivity index (χ1) is 11.2. The SMILES string of the molecule is CN1CCNCC1c1noc(CSCC(=O)c2ccccc2)n1. The number of ketones is 1. The molecular formula is C16H20N4O2S. The first-order valence-electron chi connectivity index (χ1n) is 7.63. The monoisotopic (exact) mass is 332 g/mol. The van der Waals surface area contributed by atoms with Crippen molar-refractivity contribution in [1.29, 1.82) is 0 Å². The molecule has 3 rings (SSSR count). The van der Waals surface area contributed by atoms with E-state index in [2.05, 4.69) is 27.4 Å². The molecule has 1 aromatic carbocycles. The minimum absolute atomic E-state index is 0.117. The number of Topliss-reactive ketones (excluding diaryl/α,β-unsaturated/α-hetero) is 1. The number of hydrogen-bond acceptors (Lipinski definition) is 7. The number of carbonyl (C=O) groups is 1. The Bertz CT molecular complexity index is 647. The molecule has 1 atom stereocenters. The lowest BCUT2D eigenvalue weighted by molar-refractivity contribution is 0.102. The summed E-state index contributed by atoms with van der Waals surface area (Å²) in [7, 11) is 2.06. The molecule has 1 aromatic heterocycles. The average Bonchev–Trinajstić information content (AvgIpc) is 3.04. The number of likely N-dealkylation sites (N-methyl/N-ethyl adjacent to an activating group) is 1. The van der Waals surface area contributed by atoms with Gasteiger partial charge in [-0.3, -0.25) is 9.69 Å². The van der Waals surface area contributed by atoms with Gasteiger partial charge in [0.2, 0.25) is 5.89 Å². The van der Waals surface area contributed by atoms with Crippen molar-refractivity contribution >= 4 is 17.5 Å². The molecule has 7 heteroatoms. The summed E-state index contributed by atoms with van der Waals surface area (Å²) >= 11 is 1.50. The van der Waals surface area contributed by atoms with Crippen molar-refractivity contribution < 1.29 is 9.32 Å². The Morgan fingerprint density at radius 3 is 3.04 bits per heavy atom. The Hall–Kier alpha value is -1.70. The van der Waals surface area contributed by atoms with E-state index >= 15 is 0 Å². The molecular weight excluding hydrogens is 312 g/mol. The van der Waals surface area contributed by atoms with Crippen molar-refractivity contribution in [3.63, 3.8) is 0 Å². The van der Waals surface area contributed by atoms with Gasteiger partial charge in [0.15, 0.2) is 11.6 Å². The molecule has 23 heavy (non-hydrogen) atoms. The molecule has 1 saturated heterocycles. The van der Waals surface area contributed by atoms with Gasteiger partial charge < -0.3 is 9.84 Å². The van der Waals surface area contributed by atoms with Crippen molar-refractivity contribution in [2.24, 2.45) is 0 Å². The van der Waals surface area contributed by atoms with Gasteiger partial charge in [-0.25, -0.2) is 0 Å². The van der Waals surface area contributed by atoms with E-state index in [-0.39, 0.29) is 11.8 Å². The number of thioether (sulfide) groups is 1. The second-order valence-corrected chi connectivity index (χ2v) is 6.51. The Morgan fingerprint density at radius 2 is 2.26 bits per heavy atom. The van der Waals surface area contributed by atoms with Crippen LogP contribution in [0.5, 0.6) is 0 Å². The molecule has 122 valence electrons. The third kappa shape index (κ3) is 4.19. The standard InChI is InChI=1S/C16H20N4O2S/c1-20-8-7-17-9-13(20)16-18-15(22-19-16)11-23-10-14(21)12-5-3-2-4-6-12/h2-6,13,17H,7-11H2,1H3. The molecule has 0 aliphatic carbocycles. The second-order valence-electron chi connectivity index (χ2n) is 5.53. The van der Waals surface area contributed by atoms with Crippen LogP contribution < -0.4 is 5.32 Å². The number of piperazine rings is 1. The number of aromatic nitrogens is 2. The molecule has 6 nitrogen and oxygen atoms in total. The molecule has 0 bridgehead atoms. The van der Waals surface area contributed by atoms with E-state index in [1.165, 1.54) is 11.8 Å². The molecule has 1 unspecified atom stereocenters. The van der Waals surface area contributed by atoms with Gasteiger partial charge >= 0.3 is 0 Å². The lowest BCUT2D eigenvalue weighted by Crippen LogP contribution is -2.44. The van der Waals surface area contributed by atoms with Gasteiger partial charge in [-0.15, -0.1) is 11.8 Å². The highest BCUT2D eigenvalue weighted by atomic mass is 32.2. The number of rotatable bonds is 6. The van der Waals surface area contributed by atoms with Gasteiger partial charge in [-0.1, -0.05) is 35.5 Å². The summed E-state index contributed by atoms with van der Waals surface area (Å²) in [6.07, 6.45) is 0. The highest BCUT2D eigenvalue weighted by molar-refractivity contribution is 7.99. The number of benzene rings is 1. The molecule has 0 saturated carbocycles. The maximum absolute atomic E-state index is 12.0. The van der Waals surface area contributed by atoms with E-state index in [9.17, 15) is 4.79 Å². The van der Waals surface area contributed by atoms with Crippen LogP contribution in [0.15, 0.2) is 34.9 Å². The molecule has 1 aliphatic heterocycles. The van der Waals surface area contributed by atoms with Crippen LogP contribution in [0.1, 0.15) is 28.1 Å². The van der Waals surface area contributed by atoms with Crippen LogP contribution in [0.3, 0.4) is 0 Å². The van der Waals surface area contributed by atoms with E-state index in [1.54, 1.807) is 0 Å². The molecule has 2 aromatic rings. The lowest BCUT2D eigenvalue weighted by Gasteiger charge is -2.30. The normalized spacial score (nSPS) is 18.9. The first-order valence-corrected chi connectivity index (χ1v) is 8.79. The molecule has 1 N–H and O–H groups in total. The zero-order valence-electron chi connectivity index (χ0n) is 13.1. The van der Waals surface area contributed by atoms with Crippen molar-refractivity contribution in [3.8, 4) is 0 Å². The second kappa shape index (κ2) is 7.72. The summed E-state index contributed by atoms with van der Waals surface area (Å²) in [6, 6.07) is 9.46. The summed E-state index contributed by atoms with van der Waals surface area (Å²) < 4.78 is 5.31. The third-order valence-corrected chi connectivity index (χ3v) is 4.76. The Balaban J connectivity index is 1.50. The van der Waals surface area contributed by atoms with Crippen molar-refractivity contribution in [3.05, 3.63) is 47.6 Å². The predicted octanol–water partition coefficient (Wildman–Crippen LogP) is 1.76. The number of nitrogens with zero attached hydrogens (tertiary/aromatic N) is 3. The van der Waals surface area contributed by atoms with Crippen LogP contribution in [0.4, 0.5) is 0 Å². The molecule has 2 heterocycles. The predicted molar refractivity (Wildman–Crippen MR) is 89.5 cm³/mol. The highest BCUT2D eigenvalue weighted by Crippen LogP contribution is 2.19. The van der Waals surface area contributed by atoms with Crippen LogP contribution >= 0.6 is 11.8 Å². The lowest BCUT2D eigenvalue weighted by atomic mass is 10.2. The molecule has 0 spiro atoms. The Labute approximate surface area is 139 Å². The fourth-order valence-electron chi connectivity index (χ4n) is 2.49. The number of hydrogen-bond donors (Lipinski definition) is 1. The summed E-state index contributed by atoms with van der Waals surface area (Å²) in [5, 5.41) is 7.42. The molecule has 1 fully saturated rings. The first kappa shape index (κ1) is 16.2. The van der Waals surface area contributed by atoms with E-state index in [0.717, 1.165) is 25.2 Å². The molecule has 0 amide bonds. The van der Waals surface area contributed by atoms with Gasteiger partial charge in [-0.05, 0) is 7.05 Å². The molecule has 0 radical (unpaired) electrons. The summed E-state index contributed by atoms with van der Waals surface area (Å²) in [6.45, 7) is 2.78. The van der Waals surface area contributed by atoms with Gasteiger partial charge in [0, 0.05) is 25.2 Å². The minimum Gasteiger partial charge on any atom is -0.338 e. The summed E-state index contributed by atoms with van der Waals surface area (Å²) in [4.78, 5) is 18.7. The van der Waals surface area contributed by atoms with Gasteiger partial charge in [-0.2, -0.15) is 4.98 Å². The minimum atomic E-state index is 0.117. The van der Waals surface area contributed by atoms with Crippen LogP contribution in [0.25, 0.3) is 0 Å². The largest absolute Gasteiger partial charge is 0.338 e. The van der Waals surface area contributed by atoms with Crippen LogP contribution in [-0.2, 0) is 5.75 Å². The quantitative estimate of drug-likeness (QED) is 0.808. The summed E-state index contributed by atoms with van der Waals surface area (Å²) in [5.74, 6) is 2.36. The van der Waals surface area contributed by atoms with Crippen LogP contribution in [0.2, 0.25) is 0 Å². The van der Waals surface area contributed by atoms with Crippen molar-refractivity contribution in [2.45, 2.75) is 11.8 Å². The number of carbonyl (C=O) groups excluding carboxylic acids is 1. The fourth-order valence-corrected chi connectivity index (χ4v) is 3.24. The zero-order valence-corrected chi connectivity index (χ0v) is 13.9. The van der Waals surface area contributed by atoms with Gasteiger partial charge in [0.25, 0.3) is 0 Å².